The zero-order valence-corrected chi connectivity index (χ0v) is 12.5. The molecule has 4 heteroatoms. The molecule has 1 fully saturated rings. The van der Waals surface area contributed by atoms with Crippen molar-refractivity contribution in [1.29, 1.82) is 0 Å². The van der Waals surface area contributed by atoms with E-state index in [0.717, 1.165) is 11.6 Å². The summed E-state index contributed by atoms with van der Waals surface area (Å²) in [5, 5.41) is 13.5. The topological polar surface area (TPSA) is 35.5 Å². The molecule has 0 radical (unpaired) electrons. The lowest BCUT2D eigenvalue weighted by Crippen LogP contribution is -2.31. The molecule has 0 saturated heterocycles. The Balaban J connectivity index is 2.21. The van der Waals surface area contributed by atoms with Gasteiger partial charge in [0.25, 0.3) is 0 Å². The van der Waals surface area contributed by atoms with E-state index in [1.807, 2.05) is 12.1 Å². The van der Waals surface area contributed by atoms with E-state index in [2.05, 4.69) is 30.1 Å². The fraction of sp³-hybridized carbons (Fsp3) is 0.600. The van der Waals surface area contributed by atoms with Crippen molar-refractivity contribution in [3.8, 4) is 0 Å². The van der Waals surface area contributed by atoms with Gasteiger partial charge in [0.05, 0.1) is 6.61 Å². The van der Waals surface area contributed by atoms with E-state index in [1.54, 1.807) is 0 Å². The summed E-state index contributed by atoms with van der Waals surface area (Å²) in [5.41, 5.74) is 2.41. The maximum absolute atomic E-state index is 9.25. The molecule has 1 aromatic rings. The number of nitrogens with zero attached hydrogens (tertiary/aromatic N) is 1. The van der Waals surface area contributed by atoms with E-state index in [1.165, 1.54) is 24.1 Å². The third kappa shape index (κ3) is 4.10. The van der Waals surface area contributed by atoms with Crippen LogP contribution in [0.5, 0.6) is 0 Å². The lowest BCUT2D eigenvalue weighted by molar-refractivity contribution is 0.301. The van der Waals surface area contributed by atoms with E-state index in [4.69, 9.17) is 11.6 Å². The van der Waals surface area contributed by atoms with Crippen molar-refractivity contribution in [2.24, 2.45) is 0 Å². The maximum atomic E-state index is 9.25. The fourth-order valence-electron chi connectivity index (χ4n) is 2.28. The molecule has 3 nitrogen and oxygen atoms in total. The van der Waals surface area contributed by atoms with Gasteiger partial charge < -0.3 is 15.3 Å². The fourth-order valence-corrected chi connectivity index (χ4v) is 2.48. The molecule has 0 bridgehead atoms. The molecule has 0 unspecified atom stereocenters. The second-order valence-corrected chi connectivity index (χ2v) is 5.89. The highest BCUT2D eigenvalue weighted by molar-refractivity contribution is 6.30. The smallest absolute Gasteiger partial charge is 0.0606 e. The molecular weight excluding hydrogens is 260 g/mol. The largest absolute Gasteiger partial charge is 0.395 e. The van der Waals surface area contributed by atoms with E-state index in [9.17, 15) is 5.11 Å². The van der Waals surface area contributed by atoms with E-state index >= 15 is 0 Å². The van der Waals surface area contributed by atoms with Crippen LogP contribution in [0.3, 0.4) is 0 Å². The summed E-state index contributed by atoms with van der Waals surface area (Å²) < 4.78 is 0. The molecule has 0 atom stereocenters. The first-order valence-electron chi connectivity index (χ1n) is 7.01. The lowest BCUT2D eigenvalue weighted by Gasteiger charge is -2.27. The van der Waals surface area contributed by atoms with Gasteiger partial charge in [0.2, 0.25) is 0 Å². The van der Waals surface area contributed by atoms with E-state index in [0.29, 0.717) is 18.6 Å². The van der Waals surface area contributed by atoms with Crippen LogP contribution in [0, 0.1) is 0 Å². The maximum Gasteiger partial charge on any atom is 0.0606 e. The van der Waals surface area contributed by atoms with Gasteiger partial charge in [0, 0.05) is 35.9 Å². The zero-order chi connectivity index (χ0) is 13.8. The summed E-state index contributed by atoms with van der Waals surface area (Å²) in [5.74, 6) is 0. The molecule has 1 aromatic carbocycles. The Kier molecular flexibility index (Phi) is 5.08. The molecule has 1 aliphatic rings. The Labute approximate surface area is 120 Å². The second kappa shape index (κ2) is 6.60. The normalized spacial score (nSPS) is 15.0. The number of hydrogen-bond acceptors (Lipinski definition) is 3. The number of aliphatic hydroxyl groups excluding tert-OH is 1. The van der Waals surface area contributed by atoms with Crippen molar-refractivity contribution >= 4 is 17.3 Å². The minimum absolute atomic E-state index is 0.191. The molecule has 0 aliphatic heterocycles. The first kappa shape index (κ1) is 14.6. The van der Waals surface area contributed by atoms with Gasteiger partial charge in [-0.2, -0.15) is 0 Å². The monoisotopic (exact) mass is 282 g/mol. The number of anilines is 1. The molecule has 1 saturated carbocycles. The standard InChI is InChI=1S/C15H23ClN2O/c1-11(2)17-10-12-9-13(16)3-6-15(12)18(7-8-19)14-4-5-14/h3,6,9,11,14,17,19H,4-5,7-8,10H2,1-2H3. The quantitative estimate of drug-likeness (QED) is 0.807. The highest BCUT2D eigenvalue weighted by Gasteiger charge is 2.29. The lowest BCUT2D eigenvalue weighted by atomic mass is 10.1. The van der Waals surface area contributed by atoms with Crippen LogP contribution in [0.1, 0.15) is 32.3 Å². The van der Waals surface area contributed by atoms with Gasteiger partial charge in [0.15, 0.2) is 0 Å². The third-order valence-corrected chi connectivity index (χ3v) is 3.62. The van der Waals surface area contributed by atoms with Gasteiger partial charge in [-0.15, -0.1) is 0 Å². The van der Waals surface area contributed by atoms with Gasteiger partial charge in [-0.1, -0.05) is 25.4 Å². The van der Waals surface area contributed by atoms with Crippen molar-refractivity contribution in [1.82, 2.24) is 5.32 Å². The summed E-state index contributed by atoms with van der Waals surface area (Å²) >= 11 is 6.11. The molecule has 106 valence electrons. The van der Waals surface area contributed by atoms with Crippen LogP contribution < -0.4 is 10.2 Å². The molecule has 0 amide bonds. The van der Waals surface area contributed by atoms with Crippen LogP contribution in [0.4, 0.5) is 5.69 Å². The molecule has 0 spiro atoms. The molecule has 1 aliphatic carbocycles. The van der Waals surface area contributed by atoms with Crippen molar-refractivity contribution < 1.29 is 5.11 Å². The van der Waals surface area contributed by atoms with Crippen LogP contribution in [0.25, 0.3) is 0 Å². The van der Waals surface area contributed by atoms with Gasteiger partial charge in [-0.05, 0) is 36.6 Å². The van der Waals surface area contributed by atoms with Crippen molar-refractivity contribution in [2.75, 3.05) is 18.1 Å². The van der Waals surface area contributed by atoms with E-state index in [-0.39, 0.29) is 6.61 Å². The Hall–Kier alpha value is -0.770. The molecule has 19 heavy (non-hydrogen) atoms. The Morgan fingerprint density at radius 3 is 2.74 bits per heavy atom. The molecule has 2 N–H and O–H groups in total. The van der Waals surface area contributed by atoms with Crippen LogP contribution in [-0.4, -0.2) is 30.3 Å². The minimum Gasteiger partial charge on any atom is -0.395 e. The summed E-state index contributed by atoms with van der Waals surface area (Å²) in [6.45, 7) is 5.96. The number of benzene rings is 1. The molecular formula is C15H23ClN2O. The number of rotatable bonds is 7. The predicted molar refractivity (Wildman–Crippen MR) is 80.9 cm³/mol. The van der Waals surface area contributed by atoms with Gasteiger partial charge in [-0.3, -0.25) is 0 Å². The van der Waals surface area contributed by atoms with Crippen molar-refractivity contribution in [3.63, 3.8) is 0 Å². The predicted octanol–water partition coefficient (Wildman–Crippen LogP) is 2.80. The summed E-state index contributed by atoms with van der Waals surface area (Å²) in [6, 6.07) is 7.07. The number of nitrogens with one attached hydrogen (secondary N) is 1. The summed E-state index contributed by atoms with van der Waals surface area (Å²) in [4.78, 5) is 2.31. The summed E-state index contributed by atoms with van der Waals surface area (Å²) in [7, 11) is 0. The Bertz CT molecular complexity index is 419. The molecule has 0 aromatic heterocycles. The molecule has 0 heterocycles. The van der Waals surface area contributed by atoms with Crippen LogP contribution in [0.15, 0.2) is 18.2 Å². The first-order valence-corrected chi connectivity index (χ1v) is 7.39. The van der Waals surface area contributed by atoms with E-state index < -0.39 is 0 Å². The van der Waals surface area contributed by atoms with Crippen LogP contribution in [-0.2, 0) is 6.54 Å². The number of hydrogen-bond donors (Lipinski definition) is 2. The third-order valence-electron chi connectivity index (χ3n) is 3.38. The minimum atomic E-state index is 0.191. The number of halogens is 1. The van der Waals surface area contributed by atoms with Crippen LogP contribution >= 0.6 is 11.6 Å². The van der Waals surface area contributed by atoms with Crippen molar-refractivity contribution in [3.05, 3.63) is 28.8 Å². The van der Waals surface area contributed by atoms with Crippen LogP contribution in [0.2, 0.25) is 5.02 Å². The SMILES string of the molecule is CC(C)NCc1cc(Cl)ccc1N(CCO)C1CC1. The van der Waals surface area contributed by atoms with Gasteiger partial charge >= 0.3 is 0 Å². The van der Waals surface area contributed by atoms with Gasteiger partial charge in [-0.25, -0.2) is 0 Å². The highest BCUT2D eigenvalue weighted by Crippen LogP contribution is 2.34. The summed E-state index contributed by atoms with van der Waals surface area (Å²) in [6.07, 6.45) is 2.44. The number of aliphatic hydroxyl groups is 1. The van der Waals surface area contributed by atoms with Gasteiger partial charge in [0.1, 0.15) is 0 Å². The average molecular weight is 283 g/mol. The average Bonchev–Trinajstić information content (AvgIpc) is 3.18. The molecule has 2 rings (SSSR count). The highest BCUT2D eigenvalue weighted by atomic mass is 35.5. The Morgan fingerprint density at radius 1 is 1.42 bits per heavy atom. The zero-order valence-electron chi connectivity index (χ0n) is 11.7. The van der Waals surface area contributed by atoms with Crippen molar-refractivity contribution in [2.45, 2.75) is 45.3 Å². The second-order valence-electron chi connectivity index (χ2n) is 5.46. The first-order chi connectivity index (χ1) is 9.11. The Morgan fingerprint density at radius 2 is 2.16 bits per heavy atom.